The lowest BCUT2D eigenvalue weighted by Crippen LogP contribution is -2.11. The Morgan fingerprint density at radius 3 is 1.38 bits per heavy atom. The van der Waals surface area contributed by atoms with Crippen molar-refractivity contribution in [2.24, 2.45) is 0 Å². The maximum atomic E-state index is 4.27. The normalized spacial score (nSPS) is 13.4. The molecule has 5 heterocycles. The van der Waals surface area contributed by atoms with Gasteiger partial charge in [-0.2, -0.15) is 0 Å². The van der Waals surface area contributed by atoms with Crippen molar-refractivity contribution in [3.8, 4) is 27.9 Å². The van der Waals surface area contributed by atoms with Gasteiger partial charge in [0.2, 0.25) is 0 Å². The van der Waals surface area contributed by atoms with Crippen molar-refractivity contribution in [3.05, 3.63) is 177 Å². The second-order valence-corrected chi connectivity index (χ2v) is 27.7. The maximum Gasteiger partial charge on any atom is 0.0620 e. The first-order chi connectivity index (χ1) is 36.0. The number of hydrogen-bond donors (Lipinski definition) is 2. The van der Waals surface area contributed by atoms with Gasteiger partial charge < -0.3 is 18.9 Å². The van der Waals surface area contributed by atoms with Crippen LogP contribution in [0.1, 0.15) is 105 Å². The molecule has 0 saturated carbocycles. The first kappa shape index (κ1) is 47.6. The molecular weight excluding hydrogens is 1060 g/mol. The number of nitrogens with zero attached hydrogens (tertiary/aromatic N) is 2. The predicted octanol–water partition coefficient (Wildman–Crippen LogP) is 21.3. The molecule has 0 spiro atoms. The van der Waals surface area contributed by atoms with Crippen LogP contribution < -0.4 is 0 Å². The lowest BCUT2D eigenvalue weighted by Gasteiger charge is -2.22. The van der Waals surface area contributed by atoms with Crippen LogP contribution in [0.2, 0.25) is 0 Å². The van der Waals surface area contributed by atoms with Crippen LogP contribution >= 0.6 is 31.9 Å². The second-order valence-electron chi connectivity index (χ2n) is 26.0. The summed E-state index contributed by atoms with van der Waals surface area (Å²) in [4.78, 5) is 7.99. The molecule has 0 unspecified atom stereocenters. The lowest BCUT2D eigenvalue weighted by atomic mass is 9.83. The van der Waals surface area contributed by atoms with Crippen molar-refractivity contribution in [1.29, 1.82) is 0 Å². The third kappa shape index (κ3) is 6.98. The number of nitrogens with one attached hydrogen (secondary N) is 2. The number of rotatable bonds is 3. The van der Waals surface area contributed by atoms with Crippen LogP contribution in [0.15, 0.2) is 155 Å². The zero-order valence-electron chi connectivity index (χ0n) is 45.5. The zero-order valence-corrected chi connectivity index (χ0v) is 48.7. The van der Waals surface area contributed by atoms with E-state index in [1.807, 2.05) is 0 Å². The van der Waals surface area contributed by atoms with Crippen molar-refractivity contribution >= 4 is 135 Å². The van der Waals surface area contributed by atoms with Gasteiger partial charge in [0, 0.05) is 90.7 Å². The molecule has 14 aromatic rings. The van der Waals surface area contributed by atoms with Crippen molar-refractivity contribution in [2.45, 2.75) is 105 Å². The predicted molar refractivity (Wildman–Crippen MR) is 335 cm³/mol. The molecular formula is C70H62Br2N4. The van der Waals surface area contributed by atoms with E-state index in [0.29, 0.717) is 0 Å². The van der Waals surface area contributed by atoms with E-state index in [1.54, 1.807) is 0 Å². The minimum Gasteiger partial charge on any atom is -0.354 e. The van der Waals surface area contributed by atoms with Gasteiger partial charge in [-0.3, -0.25) is 0 Å². The van der Waals surface area contributed by atoms with Gasteiger partial charge in [0.25, 0.3) is 0 Å². The van der Waals surface area contributed by atoms with Crippen molar-refractivity contribution in [3.63, 3.8) is 0 Å². The molecule has 0 saturated heterocycles. The summed E-state index contributed by atoms with van der Waals surface area (Å²) in [7, 11) is 0. The molecule has 5 aromatic heterocycles. The van der Waals surface area contributed by atoms with E-state index in [0.717, 1.165) is 53.4 Å². The highest BCUT2D eigenvalue weighted by Crippen LogP contribution is 2.49. The summed E-state index contributed by atoms with van der Waals surface area (Å²) in [6, 6.07) is 55.9. The summed E-state index contributed by atoms with van der Waals surface area (Å²) >= 11 is 8.51. The third-order valence-corrected chi connectivity index (χ3v) is 18.2. The van der Waals surface area contributed by atoms with E-state index < -0.39 is 0 Å². The molecule has 76 heavy (non-hydrogen) atoms. The van der Waals surface area contributed by atoms with Gasteiger partial charge >= 0.3 is 0 Å². The van der Waals surface area contributed by atoms with Crippen molar-refractivity contribution in [1.82, 2.24) is 18.9 Å². The van der Waals surface area contributed by atoms with Crippen molar-refractivity contribution in [2.75, 3.05) is 0 Å². The van der Waals surface area contributed by atoms with E-state index >= 15 is 0 Å². The number of aromatic amines is 2. The Morgan fingerprint density at radius 2 is 0.789 bits per heavy atom. The van der Waals surface area contributed by atoms with E-state index in [4.69, 9.17) is 0 Å². The Bertz CT molecular complexity index is 4760. The molecule has 0 aliphatic heterocycles. The molecule has 14 rings (SSSR count). The van der Waals surface area contributed by atoms with E-state index in [-0.39, 0.29) is 21.7 Å². The molecule has 0 aliphatic rings. The molecule has 0 bridgehead atoms. The Labute approximate surface area is 460 Å². The number of aromatic nitrogens is 4. The first-order valence-corrected chi connectivity index (χ1v) is 28.5. The molecule has 2 N–H and O–H groups in total. The van der Waals surface area contributed by atoms with Crippen LogP contribution in [-0.4, -0.2) is 18.9 Å². The summed E-state index contributed by atoms with van der Waals surface area (Å²) in [5, 5.41) is 12.6. The van der Waals surface area contributed by atoms with E-state index in [9.17, 15) is 0 Å². The average molecular weight is 1120 g/mol. The van der Waals surface area contributed by atoms with E-state index in [1.165, 1.54) is 109 Å². The molecule has 0 atom stereocenters. The number of hydrogen-bond acceptors (Lipinski definition) is 0. The van der Waals surface area contributed by atoms with Crippen molar-refractivity contribution < 1.29 is 0 Å². The summed E-state index contributed by atoms with van der Waals surface area (Å²) in [5.41, 5.74) is 21.6. The fourth-order valence-corrected chi connectivity index (χ4v) is 13.7. The first-order valence-electron chi connectivity index (χ1n) is 26.9. The molecule has 0 fully saturated rings. The van der Waals surface area contributed by atoms with E-state index in [2.05, 4.69) is 279 Å². The van der Waals surface area contributed by atoms with Gasteiger partial charge in [0.05, 0.1) is 38.6 Å². The molecule has 9 aromatic carbocycles. The average Bonchev–Trinajstić information content (AvgIpc) is 4.34. The van der Waals surface area contributed by atoms with Gasteiger partial charge in [0.15, 0.2) is 0 Å². The topological polar surface area (TPSA) is 40.9 Å². The fraction of sp³-hybridized carbons (Fsp3) is 0.229. The molecule has 0 radical (unpaired) electrons. The Balaban J connectivity index is 1.06. The molecule has 0 amide bonds. The van der Waals surface area contributed by atoms with Gasteiger partial charge in [-0.15, -0.1) is 0 Å². The highest BCUT2D eigenvalue weighted by Gasteiger charge is 2.28. The Morgan fingerprint density at radius 1 is 0.329 bits per heavy atom. The summed E-state index contributed by atoms with van der Waals surface area (Å²) in [6.45, 7) is 27.8. The fourth-order valence-electron chi connectivity index (χ4n) is 12.5. The Hall–Kier alpha value is -6.86. The van der Waals surface area contributed by atoms with Crippen LogP contribution in [0.4, 0.5) is 0 Å². The number of benzene rings is 9. The van der Waals surface area contributed by atoms with Crippen LogP contribution in [0.5, 0.6) is 0 Å². The molecule has 0 aliphatic carbocycles. The van der Waals surface area contributed by atoms with Crippen LogP contribution in [0.25, 0.3) is 131 Å². The van der Waals surface area contributed by atoms with Crippen LogP contribution in [-0.2, 0) is 21.7 Å². The quantitative estimate of drug-likeness (QED) is 0.177. The largest absolute Gasteiger partial charge is 0.354 e. The molecule has 6 heteroatoms. The summed E-state index contributed by atoms with van der Waals surface area (Å²) in [5.74, 6) is 0. The van der Waals surface area contributed by atoms with Gasteiger partial charge in [0.1, 0.15) is 0 Å². The maximum absolute atomic E-state index is 4.27. The summed E-state index contributed by atoms with van der Waals surface area (Å²) in [6.07, 6.45) is 0. The Kier molecular flexibility index (Phi) is 9.93. The third-order valence-electron chi connectivity index (χ3n) is 16.8. The molecule has 4 nitrogen and oxygen atoms in total. The smallest absolute Gasteiger partial charge is 0.0620 e. The van der Waals surface area contributed by atoms with Gasteiger partial charge in [-0.05, 0) is 152 Å². The minimum absolute atomic E-state index is 0.0316. The minimum atomic E-state index is -0.0697. The highest BCUT2D eigenvalue weighted by atomic mass is 79.9. The second kappa shape index (κ2) is 15.9. The number of halogens is 2. The van der Waals surface area contributed by atoms with Gasteiger partial charge in [-0.1, -0.05) is 163 Å². The number of para-hydroxylation sites is 2. The van der Waals surface area contributed by atoms with Gasteiger partial charge in [-0.25, -0.2) is 0 Å². The number of fused-ring (bicyclic) bond motifs is 15. The SMILES string of the molecule is CC(C)(C)c1ccc2[nH]c3c(-c4cc(Br)c(-c5cc(-n6c7ccccc7c7ccccc76)cc6c5[nH]c5cc7c(cc56)c5cc(C(C)(C)C)cc6c8cc(C(C)(C)C)ccc8n7c65)cc4Br)cc(C(C)(C)C)cc3c2c1. The monoisotopic (exact) mass is 1120 g/mol. The zero-order chi connectivity index (χ0) is 52.9. The standard InChI is InChI=1S/C70H62Br2N4/c1-67(2,3)37-21-23-58-46(25-37)51-28-39(69(7,8)9)27-50(64(51)73-58)44-34-57(72)45(35-56(44)71)52-31-41(75-60-19-15-13-17-42(60)43-18-14-16-20-61(43)75)32-53-47-33-49-55-30-40(70(10,11)12)29-54-48-26-38(68(4,5)6)22-24-62(48)76(66(54)55)63(49)36-59(47)74-65(52)53/h13-36,73-74H,1-12H3. The number of H-pyrrole nitrogens is 2. The van der Waals surface area contributed by atoms with Crippen LogP contribution in [0, 0.1) is 0 Å². The lowest BCUT2D eigenvalue weighted by molar-refractivity contribution is 0.590. The molecule has 376 valence electrons. The van der Waals surface area contributed by atoms with Crippen LogP contribution in [0.3, 0.4) is 0 Å². The highest BCUT2D eigenvalue weighted by molar-refractivity contribution is 9.11. The summed E-state index contributed by atoms with van der Waals surface area (Å²) < 4.78 is 7.06.